The van der Waals surface area contributed by atoms with Crippen LogP contribution in [-0.2, 0) is 16.1 Å². The van der Waals surface area contributed by atoms with Gasteiger partial charge in [0.05, 0.1) is 5.52 Å². The Bertz CT molecular complexity index is 751. The summed E-state index contributed by atoms with van der Waals surface area (Å²) in [6, 6.07) is 7.37. The molecule has 0 atom stereocenters. The van der Waals surface area contributed by atoms with Gasteiger partial charge in [0.1, 0.15) is 0 Å². The molecule has 2 rings (SSSR count). The number of nitrogens with one attached hydrogen (secondary N) is 1. The molecule has 0 aliphatic carbocycles. The van der Waals surface area contributed by atoms with Crippen LogP contribution in [0.4, 0.5) is 5.69 Å². The molecule has 23 heavy (non-hydrogen) atoms. The van der Waals surface area contributed by atoms with Crippen molar-refractivity contribution < 1.29 is 14.7 Å². The second-order valence-electron chi connectivity index (χ2n) is 5.00. The maximum absolute atomic E-state index is 11.6. The number of rotatable bonds is 6. The van der Waals surface area contributed by atoms with Gasteiger partial charge in [-0.2, -0.15) is 0 Å². The zero-order valence-corrected chi connectivity index (χ0v) is 12.8. The van der Waals surface area contributed by atoms with Crippen molar-refractivity contribution in [3.8, 4) is 5.88 Å². The Morgan fingerprint density at radius 1 is 1.30 bits per heavy atom. The van der Waals surface area contributed by atoms with E-state index >= 15 is 0 Å². The molecule has 0 unspecified atom stereocenters. The zero-order valence-electron chi connectivity index (χ0n) is 12.8. The van der Waals surface area contributed by atoms with E-state index in [4.69, 9.17) is 5.84 Å². The zero-order chi connectivity index (χ0) is 16.8. The summed E-state index contributed by atoms with van der Waals surface area (Å²) >= 11 is 0. The highest BCUT2D eigenvalue weighted by Crippen LogP contribution is 2.38. The highest BCUT2D eigenvalue weighted by atomic mass is 16.3. The van der Waals surface area contributed by atoms with Crippen LogP contribution < -0.4 is 11.3 Å². The Morgan fingerprint density at radius 3 is 2.74 bits per heavy atom. The van der Waals surface area contributed by atoms with Crippen molar-refractivity contribution in [1.82, 2.24) is 9.99 Å². The number of hydrogen-bond acceptors (Lipinski definition) is 5. The SMILES string of the molecule is CCCn1c(O)c(N=NC(=O)CCC(=O)NN)c2ccccc21. The van der Waals surface area contributed by atoms with Gasteiger partial charge in [-0.25, -0.2) is 5.84 Å². The van der Waals surface area contributed by atoms with Gasteiger partial charge in [-0.3, -0.25) is 15.0 Å². The summed E-state index contributed by atoms with van der Waals surface area (Å²) in [7, 11) is 0. The summed E-state index contributed by atoms with van der Waals surface area (Å²) < 4.78 is 1.73. The number of aromatic nitrogens is 1. The first-order valence-corrected chi connectivity index (χ1v) is 7.32. The van der Waals surface area contributed by atoms with Crippen molar-refractivity contribution >= 4 is 28.4 Å². The average Bonchev–Trinajstić information content (AvgIpc) is 2.83. The van der Waals surface area contributed by atoms with Gasteiger partial charge in [-0.15, -0.1) is 10.2 Å². The lowest BCUT2D eigenvalue weighted by atomic mass is 10.2. The maximum atomic E-state index is 11.6. The van der Waals surface area contributed by atoms with E-state index in [2.05, 4.69) is 10.2 Å². The normalized spacial score (nSPS) is 11.2. The topological polar surface area (TPSA) is 122 Å². The molecule has 0 saturated heterocycles. The molecule has 1 heterocycles. The summed E-state index contributed by atoms with van der Waals surface area (Å²) in [5.74, 6) is 3.91. The Balaban J connectivity index is 2.26. The highest BCUT2D eigenvalue weighted by Gasteiger charge is 2.16. The van der Waals surface area contributed by atoms with E-state index in [1.54, 1.807) is 4.57 Å². The highest BCUT2D eigenvalue weighted by molar-refractivity contribution is 5.95. The number of azo groups is 1. The Kier molecular flexibility index (Phi) is 5.42. The van der Waals surface area contributed by atoms with Gasteiger partial charge >= 0.3 is 0 Å². The van der Waals surface area contributed by atoms with Crippen LogP contribution in [0.15, 0.2) is 34.5 Å². The molecule has 8 heteroatoms. The fourth-order valence-corrected chi connectivity index (χ4v) is 2.27. The number of aryl methyl sites for hydroxylation is 1. The summed E-state index contributed by atoms with van der Waals surface area (Å²) in [6.45, 7) is 2.63. The molecule has 122 valence electrons. The summed E-state index contributed by atoms with van der Waals surface area (Å²) in [6.07, 6.45) is 0.689. The van der Waals surface area contributed by atoms with Gasteiger partial charge in [-0.1, -0.05) is 25.1 Å². The molecule has 1 aromatic heterocycles. The van der Waals surface area contributed by atoms with Crippen molar-refractivity contribution in [3.63, 3.8) is 0 Å². The molecular formula is C15H19N5O3. The standard InChI is InChI=1S/C15H19N5O3/c1-2-9-20-11-6-4-3-5-10(11)14(15(20)23)19-18-13(22)8-7-12(21)17-16/h3-6,23H,2,7-9,16H2,1H3,(H,17,21). The fourth-order valence-electron chi connectivity index (χ4n) is 2.27. The minimum Gasteiger partial charge on any atom is -0.493 e. The van der Waals surface area contributed by atoms with Gasteiger partial charge in [0.2, 0.25) is 11.8 Å². The second kappa shape index (κ2) is 7.50. The van der Waals surface area contributed by atoms with Crippen molar-refractivity contribution in [1.29, 1.82) is 0 Å². The molecule has 0 radical (unpaired) electrons. The van der Waals surface area contributed by atoms with Crippen LogP contribution >= 0.6 is 0 Å². The molecule has 0 fully saturated rings. The molecule has 2 amide bonds. The quantitative estimate of drug-likeness (QED) is 0.327. The number of amides is 2. The van der Waals surface area contributed by atoms with Crippen LogP contribution in [0.1, 0.15) is 26.2 Å². The molecule has 0 spiro atoms. The lowest BCUT2D eigenvalue weighted by Gasteiger charge is -2.03. The fraction of sp³-hybridized carbons (Fsp3) is 0.333. The molecule has 2 aromatic rings. The van der Waals surface area contributed by atoms with Gasteiger partial charge < -0.3 is 9.67 Å². The number of nitrogens with two attached hydrogens (primary N) is 1. The van der Waals surface area contributed by atoms with Crippen molar-refractivity contribution in [3.05, 3.63) is 24.3 Å². The largest absolute Gasteiger partial charge is 0.493 e. The number of hydrazine groups is 1. The summed E-state index contributed by atoms with van der Waals surface area (Å²) in [5, 5.41) is 18.5. The van der Waals surface area contributed by atoms with E-state index in [-0.39, 0.29) is 24.4 Å². The molecule has 0 aliphatic heterocycles. The first kappa shape index (κ1) is 16.6. The van der Waals surface area contributed by atoms with E-state index in [0.29, 0.717) is 6.54 Å². The van der Waals surface area contributed by atoms with Crippen LogP contribution in [0.25, 0.3) is 10.9 Å². The lowest BCUT2D eigenvalue weighted by molar-refractivity contribution is -0.125. The Labute approximate surface area is 133 Å². The number of benzene rings is 1. The van der Waals surface area contributed by atoms with Crippen molar-refractivity contribution in [2.45, 2.75) is 32.7 Å². The van der Waals surface area contributed by atoms with Gasteiger partial charge in [0.15, 0.2) is 5.69 Å². The average molecular weight is 317 g/mol. The first-order valence-electron chi connectivity index (χ1n) is 7.32. The van der Waals surface area contributed by atoms with Crippen LogP contribution in [0, 0.1) is 0 Å². The van der Waals surface area contributed by atoms with Crippen molar-refractivity contribution in [2.24, 2.45) is 16.1 Å². The molecule has 8 nitrogen and oxygen atoms in total. The number of nitrogens with zero attached hydrogens (tertiary/aromatic N) is 3. The monoisotopic (exact) mass is 317 g/mol. The number of carbonyl (C=O) groups excluding carboxylic acids is 2. The summed E-state index contributed by atoms with van der Waals surface area (Å²) in [5.41, 5.74) is 3.02. The molecule has 1 aromatic carbocycles. The number of para-hydroxylation sites is 1. The molecule has 0 saturated carbocycles. The predicted octanol–water partition coefficient (Wildman–Crippen LogP) is 2.14. The number of aromatic hydroxyl groups is 1. The van der Waals surface area contributed by atoms with Crippen LogP contribution in [0.5, 0.6) is 5.88 Å². The first-order chi connectivity index (χ1) is 11.1. The Hall–Kier alpha value is -2.74. The summed E-state index contributed by atoms with van der Waals surface area (Å²) in [4.78, 5) is 22.6. The minimum atomic E-state index is -0.555. The molecule has 4 N–H and O–H groups in total. The van der Waals surface area contributed by atoms with Crippen LogP contribution in [0.3, 0.4) is 0 Å². The van der Waals surface area contributed by atoms with E-state index in [9.17, 15) is 14.7 Å². The second-order valence-corrected chi connectivity index (χ2v) is 5.00. The van der Waals surface area contributed by atoms with Crippen LogP contribution in [-0.4, -0.2) is 21.5 Å². The third kappa shape index (κ3) is 3.72. The van der Waals surface area contributed by atoms with E-state index in [1.165, 1.54) is 0 Å². The van der Waals surface area contributed by atoms with Crippen molar-refractivity contribution in [2.75, 3.05) is 0 Å². The number of fused-ring (bicyclic) bond motifs is 1. The van der Waals surface area contributed by atoms with Gasteiger partial charge in [0, 0.05) is 24.8 Å². The van der Waals surface area contributed by atoms with Gasteiger partial charge in [0.25, 0.3) is 5.91 Å². The number of carbonyl (C=O) groups is 2. The van der Waals surface area contributed by atoms with E-state index < -0.39 is 11.8 Å². The predicted molar refractivity (Wildman–Crippen MR) is 85.0 cm³/mol. The van der Waals surface area contributed by atoms with Gasteiger partial charge in [-0.05, 0) is 12.5 Å². The van der Waals surface area contributed by atoms with Crippen LogP contribution in [0.2, 0.25) is 0 Å². The van der Waals surface area contributed by atoms with E-state index in [1.807, 2.05) is 36.6 Å². The Morgan fingerprint density at radius 2 is 2.04 bits per heavy atom. The lowest BCUT2D eigenvalue weighted by Crippen LogP contribution is -2.30. The number of hydrogen-bond donors (Lipinski definition) is 3. The van der Waals surface area contributed by atoms with E-state index in [0.717, 1.165) is 17.3 Å². The molecular weight excluding hydrogens is 298 g/mol. The smallest absolute Gasteiger partial charge is 0.265 e. The third-order valence-corrected chi connectivity index (χ3v) is 3.35. The third-order valence-electron chi connectivity index (χ3n) is 3.35. The molecule has 0 aliphatic rings. The molecule has 0 bridgehead atoms. The minimum absolute atomic E-state index is 0.0238. The maximum Gasteiger partial charge on any atom is 0.265 e.